The van der Waals surface area contributed by atoms with Gasteiger partial charge in [-0.3, -0.25) is 9.78 Å². The van der Waals surface area contributed by atoms with Gasteiger partial charge in [0, 0.05) is 17.8 Å². The summed E-state index contributed by atoms with van der Waals surface area (Å²) in [5.41, 5.74) is 5.79. The van der Waals surface area contributed by atoms with Crippen molar-refractivity contribution in [3.8, 4) is 16.9 Å². The number of ether oxygens (including phenoxy) is 1. The molecule has 5 rings (SSSR count). The number of hydrogen-bond donors (Lipinski definition) is 0. The largest absolute Gasteiger partial charge is 0.497 e. The molecule has 0 radical (unpaired) electrons. The lowest BCUT2D eigenvalue weighted by molar-refractivity contribution is 0.0733. The Labute approximate surface area is 191 Å². The van der Waals surface area contributed by atoms with Crippen LogP contribution in [0.4, 0.5) is 0 Å². The smallest absolute Gasteiger partial charge is 0.254 e. The monoisotopic (exact) mass is 443 g/mol. The first kappa shape index (κ1) is 20.6. The average Bonchev–Trinajstić information content (AvgIpc) is 3.43. The summed E-state index contributed by atoms with van der Waals surface area (Å²) in [7, 11) is 1.67. The maximum atomic E-state index is 13.5. The molecule has 0 spiro atoms. The lowest BCUT2D eigenvalue weighted by atomic mass is 10.0. The van der Waals surface area contributed by atoms with Crippen LogP contribution in [0.5, 0.6) is 5.75 Å². The Morgan fingerprint density at radius 2 is 1.84 bits per heavy atom. The van der Waals surface area contributed by atoms with E-state index in [0.29, 0.717) is 0 Å². The van der Waals surface area contributed by atoms with Gasteiger partial charge in [0.25, 0.3) is 5.91 Å². The van der Waals surface area contributed by atoms with Gasteiger partial charge in [0.1, 0.15) is 5.75 Å². The highest BCUT2D eigenvalue weighted by atomic mass is 32.1. The van der Waals surface area contributed by atoms with E-state index in [0.717, 1.165) is 68.4 Å². The third-order valence-corrected chi connectivity index (χ3v) is 6.93. The predicted octanol–water partition coefficient (Wildman–Crippen LogP) is 5.96. The molecule has 0 bridgehead atoms. The zero-order chi connectivity index (χ0) is 22.2. The van der Waals surface area contributed by atoms with Crippen molar-refractivity contribution >= 4 is 27.5 Å². The molecule has 0 saturated carbocycles. The number of pyridine rings is 1. The molecule has 1 aliphatic rings. The van der Waals surface area contributed by atoms with Crippen molar-refractivity contribution in [1.82, 2.24) is 14.9 Å². The molecular formula is C26H25N3O2S. The first-order valence-corrected chi connectivity index (χ1v) is 11.6. The Hall–Kier alpha value is -3.25. The molecule has 0 N–H and O–H groups in total. The van der Waals surface area contributed by atoms with Gasteiger partial charge in [-0.15, -0.1) is 11.3 Å². The Balaban J connectivity index is 1.46. The summed E-state index contributed by atoms with van der Waals surface area (Å²) >= 11 is 1.62. The summed E-state index contributed by atoms with van der Waals surface area (Å²) in [6.07, 6.45) is 1.90. The first-order valence-electron chi connectivity index (χ1n) is 10.8. The molecule has 3 heterocycles. The van der Waals surface area contributed by atoms with Crippen molar-refractivity contribution in [1.29, 1.82) is 0 Å². The normalized spacial score (nSPS) is 16.0. The van der Waals surface area contributed by atoms with Gasteiger partial charge in [-0.2, -0.15) is 0 Å². The lowest BCUT2D eigenvalue weighted by Crippen LogP contribution is -2.31. The van der Waals surface area contributed by atoms with Gasteiger partial charge >= 0.3 is 0 Å². The van der Waals surface area contributed by atoms with Gasteiger partial charge in [-0.1, -0.05) is 12.1 Å². The van der Waals surface area contributed by atoms with E-state index in [1.165, 1.54) is 0 Å². The molecule has 6 heteroatoms. The number of likely N-dealkylation sites (tertiary alicyclic amines) is 1. The zero-order valence-electron chi connectivity index (χ0n) is 18.5. The second kappa shape index (κ2) is 8.36. The number of rotatable bonds is 4. The number of carbonyl (C=O) groups is 1. The van der Waals surface area contributed by atoms with Crippen LogP contribution in [0.3, 0.4) is 0 Å². The number of amides is 1. The third-order valence-electron chi connectivity index (χ3n) is 5.99. The average molecular weight is 444 g/mol. The van der Waals surface area contributed by atoms with E-state index in [2.05, 4.69) is 29.2 Å². The Morgan fingerprint density at radius 3 is 2.62 bits per heavy atom. The van der Waals surface area contributed by atoms with Gasteiger partial charge in [-0.25, -0.2) is 4.98 Å². The summed E-state index contributed by atoms with van der Waals surface area (Å²) in [6.45, 7) is 4.75. The topological polar surface area (TPSA) is 55.3 Å². The minimum Gasteiger partial charge on any atom is -0.497 e. The molecule has 1 aliphatic heterocycles. The summed E-state index contributed by atoms with van der Waals surface area (Å²) in [4.78, 5) is 24.8. The number of methoxy groups -OCH3 is 1. The van der Waals surface area contributed by atoms with Crippen LogP contribution in [0.15, 0.2) is 54.6 Å². The highest BCUT2D eigenvalue weighted by molar-refractivity contribution is 7.18. The predicted molar refractivity (Wildman–Crippen MR) is 128 cm³/mol. The molecule has 1 unspecified atom stereocenters. The van der Waals surface area contributed by atoms with Gasteiger partial charge < -0.3 is 9.64 Å². The molecule has 4 aromatic rings. The first-order chi connectivity index (χ1) is 15.5. The van der Waals surface area contributed by atoms with Crippen LogP contribution in [0.1, 0.15) is 45.6 Å². The Kier molecular flexibility index (Phi) is 5.39. The standard InChI is InChI=1S/C26H25N3O2S/c1-16-13-20(18-6-9-21(31-3)10-7-18)14-23(27-16)24-5-4-12-29(24)26(30)19-8-11-22-25(15-19)32-17(2)28-22/h6-11,13-15,24H,4-5,12H2,1-3H3. The highest BCUT2D eigenvalue weighted by Gasteiger charge is 2.32. The lowest BCUT2D eigenvalue weighted by Gasteiger charge is -2.25. The van der Waals surface area contributed by atoms with Crippen LogP contribution in [0, 0.1) is 13.8 Å². The number of benzene rings is 2. The van der Waals surface area contributed by atoms with Crippen molar-refractivity contribution in [3.63, 3.8) is 0 Å². The number of thiazole rings is 1. The van der Waals surface area contributed by atoms with Gasteiger partial charge in [-0.05, 0) is 80.3 Å². The maximum absolute atomic E-state index is 13.5. The molecule has 1 saturated heterocycles. The van der Waals surface area contributed by atoms with E-state index in [9.17, 15) is 4.79 Å². The fourth-order valence-electron chi connectivity index (χ4n) is 4.47. The number of carbonyl (C=O) groups excluding carboxylic acids is 1. The number of hydrogen-bond acceptors (Lipinski definition) is 5. The van der Waals surface area contributed by atoms with E-state index in [1.807, 2.05) is 49.1 Å². The Morgan fingerprint density at radius 1 is 1.03 bits per heavy atom. The van der Waals surface area contributed by atoms with Gasteiger partial charge in [0.2, 0.25) is 0 Å². The molecule has 2 aromatic carbocycles. The molecule has 2 aromatic heterocycles. The molecule has 1 atom stereocenters. The van der Waals surface area contributed by atoms with E-state index < -0.39 is 0 Å². The van der Waals surface area contributed by atoms with Gasteiger partial charge in [0.15, 0.2) is 0 Å². The number of fused-ring (bicyclic) bond motifs is 1. The van der Waals surface area contributed by atoms with E-state index in [-0.39, 0.29) is 11.9 Å². The summed E-state index contributed by atoms with van der Waals surface area (Å²) in [5.74, 6) is 0.898. The van der Waals surface area contributed by atoms with Gasteiger partial charge in [0.05, 0.1) is 34.1 Å². The molecule has 0 aliphatic carbocycles. The highest BCUT2D eigenvalue weighted by Crippen LogP contribution is 2.35. The van der Waals surface area contributed by atoms with E-state index >= 15 is 0 Å². The minimum atomic E-state index is -0.0155. The van der Waals surface area contributed by atoms with Crippen LogP contribution >= 0.6 is 11.3 Å². The number of aromatic nitrogens is 2. The van der Waals surface area contributed by atoms with E-state index in [1.54, 1.807) is 18.4 Å². The van der Waals surface area contributed by atoms with Crippen LogP contribution in [0.2, 0.25) is 0 Å². The summed E-state index contributed by atoms with van der Waals surface area (Å²) in [6, 6.07) is 18.1. The molecular weight excluding hydrogens is 418 g/mol. The third kappa shape index (κ3) is 3.86. The molecule has 5 nitrogen and oxygen atoms in total. The van der Waals surface area contributed by atoms with Crippen molar-refractivity contribution in [2.24, 2.45) is 0 Å². The maximum Gasteiger partial charge on any atom is 0.254 e. The molecule has 162 valence electrons. The molecule has 1 amide bonds. The minimum absolute atomic E-state index is 0.0155. The second-order valence-electron chi connectivity index (χ2n) is 8.22. The van der Waals surface area contributed by atoms with Crippen molar-refractivity contribution in [2.75, 3.05) is 13.7 Å². The zero-order valence-corrected chi connectivity index (χ0v) is 19.3. The van der Waals surface area contributed by atoms with E-state index in [4.69, 9.17) is 9.72 Å². The SMILES string of the molecule is COc1ccc(-c2cc(C)nc(C3CCCN3C(=O)c3ccc4nc(C)sc4c3)c2)cc1. The van der Waals surface area contributed by atoms with Crippen LogP contribution in [-0.2, 0) is 0 Å². The number of aryl methyl sites for hydroxylation is 2. The van der Waals surface area contributed by atoms with Crippen molar-refractivity contribution in [3.05, 3.63) is 76.6 Å². The second-order valence-corrected chi connectivity index (χ2v) is 9.46. The fraction of sp³-hybridized carbons (Fsp3) is 0.269. The quantitative estimate of drug-likeness (QED) is 0.390. The molecule has 32 heavy (non-hydrogen) atoms. The number of nitrogens with zero attached hydrogens (tertiary/aromatic N) is 3. The van der Waals surface area contributed by atoms with Crippen molar-refractivity contribution in [2.45, 2.75) is 32.7 Å². The fourth-order valence-corrected chi connectivity index (χ4v) is 5.34. The van der Waals surface area contributed by atoms with Crippen LogP contribution < -0.4 is 4.74 Å². The van der Waals surface area contributed by atoms with Crippen molar-refractivity contribution < 1.29 is 9.53 Å². The summed E-state index contributed by atoms with van der Waals surface area (Å²) in [5, 5.41) is 1.01. The Bertz CT molecular complexity index is 1300. The molecule has 1 fully saturated rings. The summed E-state index contributed by atoms with van der Waals surface area (Å²) < 4.78 is 6.34. The van der Waals surface area contributed by atoms with Crippen LogP contribution in [0.25, 0.3) is 21.3 Å². The van der Waals surface area contributed by atoms with Crippen LogP contribution in [-0.4, -0.2) is 34.4 Å².